The van der Waals surface area contributed by atoms with Gasteiger partial charge in [-0.25, -0.2) is 4.98 Å². The number of ether oxygens (including phenoxy) is 2. The lowest BCUT2D eigenvalue weighted by molar-refractivity contribution is 0.0231. The van der Waals surface area contributed by atoms with E-state index in [9.17, 15) is 5.11 Å². The molecule has 110 valence electrons. The zero-order chi connectivity index (χ0) is 14.8. The summed E-state index contributed by atoms with van der Waals surface area (Å²) in [5.41, 5.74) is -0.457. The molecule has 1 saturated heterocycles. The molecule has 0 aliphatic carbocycles. The molecular weight excluding hydrogens is 256 g/mol. The summed E-state index contributed by atoms with van der Waals surface area (Å²) < 4.78 is 10.9. The third-order valence-corrected chi connectivity index (χ3v) is 2.99. The summed E-state index contributed by atoms with van der Waals surface area (Å²) in [4.78, 5) is 4.21. The lowest BCUT2D eigenvalue weighted by atomic mass is 9.94. The monoisotopic (exact) mass is 278 g/mol. The van der Waals surface area contributed by atoms with E-state index in [1.165, 1.54) is 0 Å². The largest absolute Gasteiger partial charge is 0.474 e. The Balaban J connectivity index is 2.08. The second-order valence-corrected chi connectivity index (χ2v) is 6.03. The second kappa shape index (κ2) is 5.42. The predicted molar refractivity (Wildman–Crippen MR) is 77.2 cm³/mol. The number of nitrogens with one attached hydrogen (secondary N) is 1. The van der Waals surface area contributed by atoms with Crippen molar-refractivity contribution in [3.63, 3.8) is 0 Å². The molecule has 2 heterocycles. The lowest BCUT2D eigenvalue weighted by Crippen LogP contribution is -2.26. The fourth-order valence-corrected chi connectivity index (χ4v) is 2.11. The summed E-state index contributed by atoms with van der Waals surface area (Å²) in [5.74, 6) is 1.02. The first-order valence-corrected chi connectivity index (χ1v) is 6.70. The molecular formula is C15H22N2O3. The number of anilines is 1. The molecule has 0 spiro atoms. The number of rotatable bonds is 4. The van der Waals surface area contributed by atoms with Gasteiger partial charge in [0.25, 0.3) is 0 Å². The van der Waals surface area contributed by atoms with Crippen LogP contribution in [0, 0.1) is 0 Å². The molecule has 1 aromatic heterocycles. The van der Waals surface area contributed by atoms with E-state index in [1.54, 1.807) is 18.3 Å². The van der Waals surface area contributed by atoms with E-state index in [0.29, 0.717) is 31.3 Å². The van der Waals surface area contributed by atoms with Crippen LogP contribution in [0.4, 0.5) is 5.82 Å². The highest BCUT2D eigenvalue weighted by atomic mass is 16.5. The first-order valence-electron chi connectivity index (χ1n) is 6.70. The summed E-state index contributed by atoms with van der Waals surface area (Å²) in [7, 11) is 0. The van der Waals surface area contributed by atoms with Crippen LogP contribution in [0.1, 0.15) is 32.8 Å². The minimum Gasteiger partial charge on any atom is -0.474 e. The molecule has 5 heteroatoms. The van der Waals surface area contributed by atoms with Crippen LogP contribution in [0.3, 0.4) is 0 Å². The highest BCUT2D eigenvalue weighted by molar-refractivity contribution is 5.43. The average Bonchev–Trinajstić information content (AvgIpc) is 2.75. The molecule has 1 aromatic rings. The first-order chi connectivity index (χ1) is 9.28. The maximum absolute atomic E-state index is 10.5. The summed E-state index contributed by atoms with van der Waals surface area (Å²) in [6.07, 6.45) is 2.24. The minimum atomic E-state index is -0.925. The molecule has 1 atom stereocenters. The summed E-state index contributed by atoms with van der Waals surface area (Å²) in [5, 5.41) is 13.5. The van der Waals surface area contributed by atoms with E-state index in [1.807, 2.05) is 20.8 Å². The number of hydrogen-bond acceptors (Lipinski definition) is 5. The van der Waals surface area contributed by atoms with Crippen LogP contribution >= 0.6 is 0 Å². The van der Waals surface area contributed by atoms with E-state index in [0.717, 1.165) is 5.56 Å². The van der Waals surface area contributed by atoms with Gasteiger partial charge in [-0.05, 0) is 45.0 Å². The van der Waals surface area contributed by atoms with Crippen LogP contribution in [0.15, 0.2) is 30.8 Å². The van der Waals surface area contributed by atoms with Gasteiger partial charge in [-0.15, -0.1) is 0 Å². The number of aromatic nitrogens is 1. The third-order valence-electron chi connectivity index (χ3n) is 2.99. The molecule has 1 aliphatic rings. The SMILES string of the molecule is C=C(Nc1cc(C2(O)CCOC2)ccn1)OC(C)(C)C. The van der Waals surface area contributed by atoms with Crippen LogP contribution in [0.2, 0.25) is 0 Å². The van der Waals surface area contributed by atoms with Gasteiger partial charge in [0.1, 0.15) is 17.0 Å². The van der Waals surface area contributed by atoms with Crippen molar-refractivity contribution < 1.29 is 14.6 Å². The Morgan fingerprint density at radius 3 is 2.90 bits per heavy atom. The van der Waals surface area contributed by atoms with Crippen LogP contribution < -0.4 is 5.32 Å². The maximum atomic E-state index is 10.5. The number of pyridine rings is 1. The van der Waals surface area contributed by atoms with E-state index < -0.39 is 5.60 Å². The average molecular weight is 278 g/mol. The normalized spacial score (nSPS) is 22.6. The van der Waals surface area contributed by atoms with E-state index in [4.69, 9.17) is 9.47 Å². The third kappa shape index (κ3) is 3.71. The molecule has 1 aliphatic heterocycles. The molecule has 0 aromatic carbocycles. The smallest absolute Gasteiger partial charge is 0.185 e. The Hall–Kier alpha value is -1.59. The topological polar surface area (TPSA) is 63.6 Å². The van der Waals surface area contributed by atoms with Crippen molar-refractivity contribution in [2.45, 2.75) is 38.4 Å². The minimum absolute atomic E-state index is 0.315. The van der Waals surface area contributed by atoms with Crippen LogP contribution in [0.25, 0.3) is 0 Å². The highest BCUT2D eigenvalue weighted by Gasteiger charge is 2.34. The van der Waals surface area contributed by atoms with Crippen molar-refractivity contribution in [3.05, 3.63) is 36.4 Å². The molecule has 20 heavy (non-hydrogen) atoms. The quantitative estimate of drug-likeness (QED) is 0.828. The van der Waals surface area contributed by atoms with E-state index >= 15 is 0 Å². The zero-order valence-corrected chi connectivity index (χ0v) is 12.3. The van der Waals surface area contributed by atoms with Gasteiger partial charge >= 0.3 is 0 Å². The zero-order valence-electron chi connectivity index (χ0n) is 12.3. The first kappa shape index (κ1) is 14.8. The molecule has 1 unspecified atom stereocenters. The van der Waals surface area contributed by atoms with Gasteiger partial charge in [0, 0.05) is 19.2 Å². The van der Waals surface area contributed by atoms with Crippen LogP contribution in [-0.2, 0) is 15.1 Å². The predicted octanol–water partition coefficient (Wildman–Crippen LogP) is 2.39. The molecule has 0 radical (unpaired) electrons. The molecule has 0 bridgehead atoms. The van der Waals surface area contributed by atoms with Crippen molar-refractivity contribution in [2.24, 2.45) is 0 Å². The fraction of sp³-hybridized carbons (Fsp3) is 0.533. The molecule has 2 N–H and O–H groups in total. The summed E-state index contributed by atoms with van der Waals surface area (Å²) in [6, 6.07) is 3.60. The van der Waals surface area contributed by atoms with Gasteiger partial charge in [0.15, 0.2) is 5.88 Å². The lowest BCUT2D eigenvalue weighted by Gasteiger charge is -2.24. The fourth-order valence-electron chi connectivity index (χ4n) is 2.11. The Bertz CT molecular complexity index is 488. The molecule has 1 fully saturated rings. The van der Waals surface area contributed by atoms with Crippen molar-refractivity contribution in [1.82, 2.24) is 4.98 Å². The van der Waals surface area contributed by atoms with Gasteiger partial charge in [0.05, 0.1) is 6.61 Å². The molecule has 0 saturated carbocycles. The molecule has 2 rings (SSSR count). The summed E-state index contributed by atoms with van der Waals surface area (Å²) >= 11 is 0. The van der Waals surface area contributed by atoms with Crippen molar-refractivity contribution in [3.8, 4) is 0 Å². The Kier molecular flexibility index (Phi) is 4.01. The van der Waals surface area contributed by atoms with Gasteiger partial charge in [0.2, 0.25) is 0 Å². The molecule has 0 amide bonds. The van der Waals surface area contributed by atoms with Crippen LogP contribution in [-0.4, -0.2) is 28.9 Å². The van der Waals surface area contributed by atoms with Crippen molar-refractivity contribution in [1.29, 1.82) is 0 Å². The second-order valence-electron chi connectivity index (χ2n) is 6.03. The standard InChI is InChI=1S/C15H22N2O3/c1-11(20-14(2,3)4)17-13-9-12(5-7-16-13)15(18)6-8-19-10-15/h5,7,9,18H,1,6,8,10H2,2-4H3,(H,16,17). The Morgan fingerprint density at radius 1 is 1.55 bits per heavy atom. The van der Waals surface area contributed by atoms with Crippen molar-refractivity contribution >= 4 is 5.82 Å². The van der Waals surface area contributed by atoms with E-state index in [2.05, 4.69) is 16.9 Å². The van der Waals surface area contributed by atoms with Gasteiger partial charge < -0.3 is 19.9 Å². The van der Waals surface area contributed by atoms with Crippen molar-refractivity contribution in [2.75, 3.05) is 18.5 Å². The maximum Gasteiger partial charge on any atom is 0.185 e. The van der Waals surface area contributed by atoms with Gasteiger partial charge in [-0.2, -0.15) is 0 Å². The Labute approximate surface area is 119 Å². The van der Waals surface area contributed by atoms with Crippen LogP contribution in [0.5, 0.6) is 0 Å². The summed E-state index contributed by atoms with van der Waals surface area (Å²) in [6.45, 7) is 10.5. The van der Waals surface area contributed by atoms with Gasteiger partial charge in [-0.3, -0.25) is 0 Å². The van der Waals surface area contributed by atoms with Gasteiger partial charge in [-0.1, -0.05) is 0 Å². The van der Waals surface area contributed by atoms with E-state index in [-0.39, 0.29) is 5.60 Å². The Morgan fingerprint density at radius 2 is 2.30 bits per heavy atom. The number of hydrogen-bond donors (Lipinski definition) is 2. The number of nitrogens with zero attached hydrogens (tertiary/aromatic N) is 1. The molecule has 5 nitrogen and oxygen atoms in total. The number of aliphatic hydroxyl groups is 1. The highest BCUT2D eigenvalue weighted by Crippen LogP contribution is 2.31.